The van der Waals surface area contributed by atoms with Gasteiger partial charge >= 0.3 is 0 Å². The summed E-state index contributed by atoms with van der Waals surface area (Å²) in [7, 11) is 0. The molecular formula is C16H19N3S. The van der Waals surface area contributed by atoms with E-state index in [-0.39, 0.29) is 0 Å². The zero-order chi connectivity index (χ0) is 13.9. The second kappa shape index (κ2) is 5.83. The molecule has 1 N–H and O–H groups in total. The van der Waals surface area contributed by atoms with E-state index in [1.165, 1.54) is 6.42 Å². The Labute approximate surface area is 123 Å². The monoisotopic (exact) mass is 285 g/mol. The molecule has 0 saturated carbocycles. The van der Waals surface area contributed by atoms with Crippen LogP contribution in [-0.2, 0) is 0 Å². The molecule has 1 aliphatic heterocycles. The van der Waals surface area contributed by atoms with Gasteiger partial charge in [0.25, 0.3) is 0 Å². The first kappa shape index (κ1) is 13.4. The van der Waals surface area contributed by atoms with Gasteiger partial charge in [0.1, 0.15) is 0 Å². The van der Waals surface area contributed by atoms with Crippen molar-refractivity contribution in [2.45, 2.75) is 26.3 Å². The van der Waals surface area contributed by atoms with Crippen LogP contribution in [0.15, 0.2) is 41.5 Å². The summed E-state index contributed by atoms with van der Waals surface area (Å²) in [5.41, 5.74) is 2.11. The van der Waals surface area contributed by atoms with Crippen molar-refractivity contribution in [1.82, 2.24) is 4.98 Å². The molecule has 0 radical (unpaired) electrons. The van der Waals surface area contributed by atoms with Crippen LogP contribution in [0.3, 0.4) is 0 Å². The number of aliphatic imine (C=N–C) groups is 1. The first-order valence-electron chi connectivity index (χ1n) is 7.05. The Balaban J connectivity index is 1.82. The lowest BCUT2D eigenvalue weighted by Crippen LogP contribution is -2.23. The normalized spacial score (nSPS) is 19.1. The predicted octanol–water partition coefficient (Wildman–Crippen LogP) is 4.16. The number of rotatable bonds is 2. The first-order valence-corrected chi connectivity index (χ1v) is 8.03. The van der Waals surface area contributed by atoms with Crippen molar-refractivity contribution in [1.29, 1.82) is 0 Å². The molecule has 20 heavy (non-hydrogen) atoms. The average Bonchev–Trinajstić information content (AvgIpc) is 2.47. The third-order valence-corrected chi connectivity index (χ3v) is 4.48. The zero-order valence-corrected chi connectivity index (χ0v) is 12.7. The van der Waals surface area contributed by atoms with Crippen molar-refractivity contribution in [3.8, 4) is 0 Å². The molecule has 0 spiro atoms. The molecular weight excluding hydrogens is 266 g/mol. The minimum absolute atomic E-state index is 0.445. The third-order valence-electron chi connectivity index (χ3n) is 3.56. The number of pyridine rings is 1. The van der Waals surface area contributed by atoms with E-state index in [4.69, 9.17) is 4.99 Å². The van der Waals surface area contributed by atoms with Crippen LogP contribution >= 0.6 is 11.8 Å². The highest BCUT2D eigenvalue weighted by atomic mass is 32.2. The summed E-state index contributed by atoms with van der Waals surface area (Å²) < 4.78 is 0. The fourth-order valence-electron chi connectivity index (χ4n) is 2.36. The highest BCUT2D eigenvalue weighted by Gasteiger charge is 2.18. The van der Waals surface area contributed by atoms with Crippen molar-refractivity contribution in [3.05, 3.63) is 36.5 Å². The summed E-state index contributed by atoms with van der Waals surface area (Å²) in [6.07, 6.45) is 3.00. The summed E-state index contributed by atoms with van der Waals surface area (Å²) in [6.45, 7) is 4.48. The molecule has 0 saturated heterocycles. The number of fused-ring (bicyclic) bond motifs is 1. The SMILES string of the molecule is CC(C)C1CCSC(Nc2ccc3ncccc3c2)=N1. The molecule has 1 aromatic heterocycles. The van der Waals surface area contributed by atoms with Crippen LogP contribution in [0.4, 0.5) is 5.69 Å². The van der Waals surface area contributed by atoms with Gasteiger partial charge in [-0.2, -0.15) is 0 Å². The summed E-state index contributed by atoms with van der Waals surface area (Å²) in [4.78, 5) is 9.15. The number of nitrogens with zero attached hydrogens (tertiary/aromatic N) is 2. The fraction of sp³-hybridized carbons (Fsp3) is 0.375. The second-order valence-corrected chi connectivity index (χ2v) is 6.50. The number of hydrogen-bond acceptors (Lipinski definition) is 4. The molecule has 2 heterocycles. The zero-order valence-electron chi connectivity index (χ0n) is 11.8. The number of hydrogen-bond donors (Lipinski definition) is 1. The smallest absolute Gasteiger partial charge is 0.161 e. The number of aromatic nitrogens is 1. The Morgan fingerprint density at radius 1 is 1.30 bits per heavy atom. The van der Waals surface area contributed by atoms with Crippen LogP contribution < -0.4 is 5.32 Å². The van der Waals surface area contributed by atoms with Gasteiger partial charge in [0.05, 0.1) is 11.6 Å². The van der Waals surface area contributed by atoms with E-state index >= 15 is 0 Å². The molecule has 3 rings (SSSR count). The molecule has 0 fully saturated rings. The number of thioether (sulfide) groups is 1. The number of anilines is 1. The van der Waals surface area contributed by atoms with Crippen LogP contribution in [-0.4, -0.2) is 21.9 Å². The van der Waals surface area contributed by atoms with Gasteiger partial charge in [-0.15, -0.1) is 0 Å². The molecule has 0 amide bonds. The Morgan fingerprint density at radius 3 is 3.05 bits per heavy atom. The third kappa shape index (κ3) is 2.96. The topological polar surface area (TPSA) is 37.3 Å². The molecule has 0 bridgehead atoms. The summed E-state index contributed by atoms with van der Waals surface area (Å²) in [6, 6.07) is 10.7. The van der Waals surface area contributed by atoms with E-state index in [0.29, 0.717) is 12.0 Å². The lowest BCUT2D eigenvalue weighted by atomic mass is 10.0. The maximum absolute atomic E-state index is 4.81. The van der Waals surface area contributed by atoms with Crippen LogP contribution in [0.1, 0.15) is 20.3 Å². The van der Waals surface area contributed by atoms with Gasteiger partial charge in [-0.1, -0.05) is 31.7 Å². The van der Waals surface area contributed by atoms with Gasteiger partial charge in [-0.05, 0) is 36.6 Å². The Bertz CT molecular complexity index is 636. The number of nitrogens with one attached hydrogen (secondary N) is 1. The molecule has 1 atom stereocenters. The number of amidine groups is 1. The molecule has 4 heteroatoms. The fourth-order valence-corrected chi connectivity index (χ4v) is 3.31. The molecule has 1 aliphatic rings. The van der Waals surface area contributed by atoms with E-state index < -0.39 is 0 Å². The maximum Gasteiger partial charge on any atom is 0.161 e. The first-order chi connectivity index (χ1) is 9.72. The van der Waals surface area contributed by atoms with Crippen molar-refractivity contribution in [2.75, 3.05) is 11.1 Å². The highest BCUT2D eigenvalue weighted by molar-refractivity contribution is 8.14. The van der Waals surface area contributed by atoms with Gasteiger partial charge in [-0.25, -0.2) is 0 Å². The minimum Gasteiger partial charge on any atom is -0.335 e. The lowest BCUT2D eigenvalue weighted by Gasteiger charge is -2.23. The Morgan fingerprint density at radius 2 is 2.20 bits per heavy atom. The van der Waals surface area contributed by atoms with Gasteiger partial charge in [0.15, 0.2) is 5.17 Å². The van der Waals surface area contributed by atoms with Crippen molar-refractivity contribution >= 4 is 33.5 Å². The predicted molar refractivity (Wildman–Crippen MR) is 88.5 cm³/mol. The minimum atomic E-state index is 0.445. The van der Waals surface area contributed by atoms with Crippen LogP contribution in [0, 0.1) is 5.92 Å². The average molecular weight is 285 g/mol. The standard InChI is InChI=1S/C16H19N3S/c1-11(2)14-7-9-20-16(19-14)18-13-5-6-15-12(10-13)4-3-8-17-15/h3-6,8,10-11,14H,7,9H2,1-2H3,(H,18,19). The second-order valence-electron chi connectivity index (χ2n) is 5.42. The molecule has 1 aromatic carbocycles. The van der Waals surface area contributed by atoms with E-state index in [1.807, 2.05) is 30.1 Å². The van der Waals surface area contributed by atoms with Crippen LogP contribution in [0.2, 0.25) is 0 Å². The van der Waals surface area contributed by atoms with Gasteiger partial charge in [-0.3, -0.25) is 9.98 Å². The van der Waals surface area contributed by atoms with Crippen LogP contribution in [0.25, 0.3) is 10.9 Å². The van der Waals surface area contributed by atoms with E-state index in [0.717, 1.165) is 27.5 Å². The quantitative estimate of drug-likeness (QED) is 0.900. The highest BCUT2D eigenvalue weighted by Crippen LogP contribution is 2.24. The molecule has 104 valence electrons. The van der Waals surface area contributed by atoms with Gasteiger partial charge in [0.2, 0.25) is 0 Å². The van der Waals surface area contributed by atoms with Gasteiger partial charge < -0.3 is 5.32 Å². The summed E-state index contributed by atoms with van der Waals surface area (Å²) in [5, 5.41) is 5.64. The van der Waals surface area contributed by atoms with Crippen molar-refractivity contribution in [2.24, 2.45) is 10.9 Å². The lowest BCUT2D eigenvalue weighted by molar-refractivity contribution is 0.485. The van der Waals surface area contributed by atoms with E-state index in [2.05, 4.69) is 42.3 Å². The van der Waals surface area contributed by atoms with Crippen molar-refractivity contribution < 1.29 is 0 Å². The summed E-state index contributed by atoms with van der Waals surface area (Å²) in [5.74, 6) is 1.75. The molecule has 0 aliphatic carbocycles. The largest absolute Gasteiger partial charge is 0.335 e. The Kier molecular flexibility index (Phi) is 3.92. The van der Waals surface area contributed by atoms with Crippen LogP contribution in [0.5, 0.6) is 0 Å². The van der Waals surface area contributed by atoms with E-state index in [9.17, 15) is 0 Å². The molecule has 3 nitrogen and oxygen atoms in total. The van der Waals surface area contributed by atoms with Gasteiger partial charge in [0, 0.05) is 23.0 Å². The van der Waals surface area contributed by atoms with E-state index in [1.54, 1.807) is 0 Å². The Hall–Kier alpha value is -1.55. The molecule has 2 aromatic rings. The number of benzene rings is 1. The molecule has 1 unspecified atom stereocenters. The maximum atomic E-state index is 4.81. The van der Waals surface area contributed by atoms with Crippen molar-refractivity contribution in [3.63, 3.8) is 0 Å². The summed E-state index contributed by atoms with van der Waals surface area (Å²) >= 11 is 1.81.